The molecule has 1 heterocycles. The highest BCUT2D eigenvalue weighted by Gasteiger charge is 2.02. The predicted molar refractivity (Wildman–Crippen MR) is 100 cm³/mol. The zero-order valence-electron chi connectivity index (χ0n) is 14.3. The Hall–Kier alpha value is -2.95. The molecule has 1 aromatic heterocycles. The maximum Gasteiger partial charge on any atom is 0.314 e. The van der Waals surface area contributed by atoms with Gasteiger partial charge >= 0.3 is 6.03 Å². The van der Waals surface area contributed by atoms with Gasteiger partial charge in [0.05, 0.1) is 7.11 Å². The molecular weight excluding hydrogens is 314 g/mol. The number of hydrogen-bond donors (Lipinski definition) is 3. The van der Waals surface area contributed by atoms with E-state index in [-0.39, 0.29) is 6.03 Å². The maximum atomic E-state index is 11.8. The summed E-state index contributed by atoms with van der Waals surface area (Å²) in [7, 11) is 1.65. The zero-order valence-corrected chi connectivity index (χ0v) is 14.3. The van der Waals surface area contributed by atoms with Gasteiger partial charge in [-0.2, -0.15) is 0 Å². The van der Waals surface area contributed by atoms with Crippen LogP contribution >= 0.6 is 0 Å². The second-order valence-corrected chi connectivity index (χ2v) is 5.93. The lowest BCUT2D eigenvalue weighted by Gasteiger charge is -2.08. The van der Waals surface area contributed by atoms with Gasteiger partial charge in [-0.1, -0.05) is 18.2 Å². The number of nitrogens with one attached hydrogen (secondary N) is 3. The number of hydrogen-bond acceptors (Lipinski definition) is 2. The standard InChI is InChI=1S/C20H23N3O2/c1-25-18-5-2-15(3-6-18)8-11-22-20(24)23-12-9-16-4-7-19-17(14-16)10-13-21-19/h2-7,10,13-14,21H,8-9,11-12H2,1H3,(H2,22,23,24). The van der Waals surface area contributed by atoms with Gasteiger partial charge < -0.3 is 20.4 Å². The van der Waals surface area contributed by atoms with Crippen molar-refractivity contribution in [1.82, 2.24) is 15.6 Å². The molecule has 2 amide bonds. The number of fused-ring (bicyclic) bond motifs is 1. The first-order valence-electron chi connectivity index (χ1n) is 8.45. The Morgan fingerprint density at radius 2 is 1.64 bits per heavy atom. The van der Waals surface area contributed by atoms with Crippen LogP contribution in [0.4, 0.5) is 4.79 Å². The molecule has 0 radical (unpaired) electrons. The van der Waals surface area contributed by atoms with Crippen LogP contribution in [0.5, 0.6) is 5.75 Å². The van der Waals surface area contributed by atoms with Gasteiger partial charge in [0.1, 0.15) is 5.75 Å². The Bertz CT molecular complexity index is 824. The SMILES string of the molecule is COc1ccc(CCNC(=O)NCCc2ccc3[nH]ccc3c2)cc1. The van der Waals surface area contributed by atoms with Gasteiger partial charge in [0.15, 0.2) is 0 Å². The number of rotatable bonds is 7. The van der Waals surface area contributed by atoms with Gasteiger partial charge in [-0.15, -0.1) is 0 Å². The van der Waals surface area contributed by atoms with E-state index in [0.29, 0.717) is 13.1 Å². The van der Waals surface area contributed by atoms with Crippen LogP contribution in [0.3, 0.4) is 0 Å². The molecule has 5 nitrogen and oxygen atoms in total. The molecule has 0 saturated carbocycles. The molecule has 5 heteroatoms. The number of H-pyrrole nitrogens is 1. The Labute approximate surface area is 147 Å². The molecule has 0 aliphatic carbocycles. The van der Waals surface area contributed by atoms with Crippen LogP contribution in [0, 0.1) is 0 Å². The third kappa shape index (κ3) is 4.76. The fourth-order valence-electron chi connectivity index (χ4n) is 2.75. The molecule has 0 fully saturated rings. The van der Waals surface area contributed by atoms with Crippen molar-refractivity contribution >= 4 is 16.9 Å². The van der Waals surface area contributed by atoms with E-state index >= 15 is 0 Å². The van der Waals surface area contributed by atoms with E-state index in [0.717, 1.165) is 24.1 Å². The third-order valence-electron chi connectivity index (χ3n) is 4.18. The lowest BCUT2D eigenvalue weighted by molar-refractivity contribution is 0.241. The van der Waals surface area contributed by atoms with Crippen molar-refractivity contribution in [2.75, 3.05) is 20.2 Å². The van der Waals surface area contributed by atoms with Crippen LogP contribution < -0.4 is 15.4 Å². The highest BCUT2D eigenvalue weighted by atomic mass is 16.5. The number of aromatic nitrogens is 1. The van der Waals surface area contributed by atoms with Gasteiger partial charge in [0.25, 0.3) is 0 Å². The Kier molecular flexibility index (Phi) is 5.57. The van der Waals surface area contributed by atoms with Crippen LogP contribution in [-0.4, -0.2) is 31.2 Å². The Morgan fingerprint density at radius 3 is 2.36 bits per heavy atom. The van der Waals surface area contributed by atoms with Crippen LogP contribution in [0.2, 0.25) is 0 Å². The Morgan fingerprint density at radius 1 is 0.960 bits per heavy atom. The van der Waals surface area contributed by atoms with E-state index < -0.39 is 0 Å². The number of urea groups is 1. The number of ether oxygens (including phenoxy) is 1. The summed E-state index contributed by atoms with van der Waals surface area (Å²) < 4.78 is 5.13. The van der Waals surface area contributed by atoms with Crippen LogP contribution in [0.25, 0.3) is 10.9 Å². The smallest absolute Gasteiger partial charge is 0.314 e. The van der Waals surface area contributed by atoms with Gasteiger partial charge in [-0.25, -0.2) is 4.79 Å². The highest BCUT2D eigenvalue weighted by Crippen LogP contribution is 2.14. The van der Waals surface area contributed by atoms with Gasteiger partial charge in [0.2, 0.25) is 0 Å². The van der Waals surface area contributed by atoms with Crippen molar-refractivity contribution in [3.63, 3.8) is 0 Å². The molecule has 0 saturated heterocycles. The van der Waals surface area contributed by atoms with Crippen molar-refractivity contribution in [1.29, 1.82) is 0 Å². The monoisotopic (exact) mass is 337 g/mol. The van der Waals surface area contributed by atoms with Crippen molar-refractivity contribution < 1.29 is 9.53 Å². The molecule has 0 aliphatic rings. The summed E-state index contributed by atoms with van der Waals surface area (Å²) in [6.07, 6.45) is 3.54. The van der Waals surface area contributed by atoms with Crippen molar-refractivity contribution in [2.45, 2.75) is 12.8 Å². The summed E-state index contributed by atoms with van der Waals surface area (Å²) in [6, 6.07) is 16.1. The number of amides is 2. The molecule has 2 aromatic carbocycles. The molecule has 25 heavy (non-hydrogen) atoms. The summed E-state index contributed by atoms with van der Waals surface area (Å²) in [5, 5.41) is 6.98. The topological polar surface area (TPSA) is 66.2 Å². The lowest BCUT2D eigenvalue weighted by Crippen LogP contribution is -2.37. The van der Waals surface area contributed by atoms with E-state index in [1.54, 1.807) is 7.11 Å². The summed E-state index contributed by atoms with van der Waals surface area (Å²) >= 11 is 0. The summed E-state index contributed by atoms with van der Waals surface area (Å²) in [5.41, 5.74) is 3.51. The van der Waals surface area contributed by atoms with Crippen molar-refractivity contribution in [2.24, 2.45) is 0 Å². The minimum atomic E-state index is -0.128. The molecule has 0 aliphatic heterocycles. The first-order valence-corrected chi connectivity index (χ1v) is 8.45. The summed E-state index contributed by atoms with van der Waals surface area (Å²) in [5.74, 6) is 0.840. The van der Waals surface area contributed by atoms with Crippen molar-refractivity contribution in [3.05, 3.63) is 65.9 Å². The van der Waals surface area contributed by atoms with Crippen LogP contribution in [-0.2, 0) is 12.8 Å². The number of carbonyl (C=O) groups is 1. The number of carbonyl (C=O) groups excluding carboxylic acids is 1. The predicted octanol–water partition coefficient (Wildman–Crippen LogP) is 3.26. The van der Waals surface area contributed by atoms with E-state index in [2.05, 4.69) is 39.9 Å². The molecule has 0 spiro atoms. The number of aromatic amines is 1. The fourth-order valence-corrected chi connectivity index (χ4v) is 2.75. The Balaban J connectivity index is 1.36. The van der Waals surface area contributed by atoms with Gasteiger partial charge in [-0.05, 0) is 59.7 Å². The summed E-state index contributed by atoms with van der Waals surface area (Å²) in [6.45, 7) is 1.22. The van der Waals surface area contributed by atoms with E-state index in [9.17, 15) is 4.79 Å². The van der Waals surface area contributed by atoms with Crippen molar-refractivity contribution in [3.8, 4) is 5.75 Å². The molecule has 3 aromatic rings. The van der Waals surface area contributed by atoms with Crippen LogP contribution in [0.1, 0.15) is 11.1 Å². The van der Waals surface area contributed by atoms with E-state index in [1.807, 2.05) is 30.5 Å². The maximum absolute atomic E-state index is 11.8. The molecular formula is C20H23N3O2. The first-order chi connectivity index (χ1) is 12.2. The fraction of sp³-hybridized carbons (Fsp3) is 0.250. The first kappa shape index (κ1) is 16.9. The lowest BCUT2D eigenvalue weighted by atomic mass is 10.1. The molecule has 3 rings (SSSR count). The number of methoxy groups -OCH3 is 1. The second kappa shape index (κ2) is 8.24. The zero-order chi connectivity index (χ0) is 17.5. The minimum Gasteiger partial charge on any atom is -0.497 e. The number of benzene rings is 2. The third-order valence-corrected chi connectivity index (χ3v) is 4.18. The highest BCUT2D eigenvalue weighted by molar-refractivity contribution is 5.80. The van der Waals surface area contributed by atoms with Gasteiger partial charge in [-0.3, -0.25) is 0 Å². The van der Waals surface area contributed by atoms with Crippen LogP contribution in [0.15, 0.2) is 54.7 Å². The summed E-state index contributed by atoms with van der Waals surface area (Å²) in [4.78, 5) is 15.0. The molecule has 0 bridgehead atoms. The van der Waals surface area contributed by atoms with E-state index in [1.165, 1.54) is 16.5 Å². The van der Waals surface area contributed by atoms with Gasteiger partial charge in [0, 0.05) is 24.8 Å². The average Bonchev–Trinajstić information content (AvgIpc) is 3.10. The minimum absolute atomic E-state index is 0.128. The molecule has 3 N–H and O–H groups in total. The quantitative estimate of drug-likeness (QED) is 0.619. The second-order valence-electron chi connectivity index (χ2n) is 5.93. The largest absolute Gasteiger partial charge is 0.497 e. The molecule has 130 valence electrons. The van der Waals surface area contributed by atoms with E-state index in [4.69, 9.17) is 4.74 Å². The normalized spacial score (nSPS) is 10.6. The molecule has 0 unspecified atom stereocenters. The molecule has 0 atom stereocenters. The average molecular weight is 337 g/mol.